The summed E-state index contributed by atoms with van der Waals surface area (Å²) in [7, 11) is 0. The van der Waals surface area contributed by atoms with Crippen molar-refractivity contribution in [3.8, 4) is 0 Å². The Hall–Kier alpha value is -0.930. The first-order valence-corrected chi connectivity index (χ1v) is 5.41. The highest BCUT2D eigenvalue weighted by Crippen LogP contribution is 2.12. The van der Waals surface area contributed by atoms with E-state index in [0.29, 0.717) is 16.2 Å². The number of rotatable bonds is 4. The minimum atomic E-state index is 0.0601. The minimum absolute atomic E-state index is 0.0601. The molecule has 0 spiro atoms. The van der Waals surface area contributed by atoms with Crippen molar-refractivity contribution in [3.63, 3.8) is 0 Å². The quantitative estimate of drug-likeness (QED) is 0.573. The van der Waals surface area contributed by atoms with Crippen LogP contribution in [0.3, 0.4) is 0 Å². The van der Waals surface area contributed by atoms with Crippen LogP contribution in [0.2, 0.25) is 0 Å². The molecule has 0 aromatic heterocycles. The largest absolute Gasteiger partial charge is 0.294 e. The standard InChI is InChI=1S/C11H10OS2/c1-2-14-11(13)8-10(12)9-6-4-3-5-7-9/h2-7H,1,8H2. The van der Waals surface area contributed by atoms with Gasteiger partial charge in [0.15, 0.2) is 5.78 Å². The van der Waals surface area contributed by atoms with Crippen molar-refractivity contribution >= 4 is 34.0 Å². The number of thioether (sulfide) groups is 1. The van der Waals surface area contributed by atoms with Crippen LogP contribution in [0.5, 0.6) is 0 Å². The molecule has 0 saturated carbocycles. The molecule has 0 saturated heterocycles. The van der Waals surface area contributed by atoms with E-state index in [0.717, 1.165) is 0 Å². The average Bonchev–Trinajstić information content (AvgIpc) is 2.19. The molecule has 0 unspecified atom stereocenters. The molecular weight excluding hydrogens is 212 g/mol. The molecule has 0 amide bonds. The number of hydrogen-bond donors (Lipinski definition) is 0. The number of benzene rings is 1. The number of thiocarbonyl (C=S) groups is 1. The normalized spacial score (nSPS) is 9.43. The van der Waals surface area contributed by atoms with Crippen LogP contribution in [-0.2, 0) is 0 Å². The smallest absolute Gasteiger partial charge is 0.168 e. The molecule has 0 aliphatic heterocycles. The van der Waals surface area contributed by atoms with Crippen molar-refractivity contribution in [2.24, 2.45) is 0 Å². The zero-order valence-corrected chi connectivity index (χ0v) is 9.24. The van der Waals surface area contributed by atoms with Crippen LogP contribution in [0.25, 0.3) is 0 Å². The van der Waals surface area contributed by atoms with Crippen LogP contribution >= 0.6 is 24.0 Å². The van der Waals surface area contributed by atoms with Gasteiger partial charge >= 0.3 is 0 Å². The summed E-state index contributed by atoms with van der Waals surface area (Å²) in [6, 6.07) is 9.16. The molecule has 3 heteroatoms. The van der Waals surface area contributed by atoms with Gasteiger partial charge in [0.2, 0.25) is 0 Å². The van der Waals surface area contributed by atoms with E-state index in [1.165, 1.54) is 11.8 Å². The number of carbonyl (C=O) groups excluding carboxylic acids is 1. The highest BCUT2D eigenvalue weighted by molar-refractivity contribution is 8.25. The second-order valence-corrected chi connectivity index (χ2v) is 4.44. The van der Waals surface area contributed by atoms with E-state index in [2.05, 4.69) is 6.58 Å². The Bertz CT molecular complexity index is 344. The van der Waals surface area contributed by atoms with Crippen LogP contribution in [0, 0.1) is 0 Å². The van der Waals surface area contributed by atoms with Crippen LogP contribution in [0.1, 0.15) is 16.8 Å². The van der Waals surface area contributed by atoms with E-state index in [1.807, 2.05) is 18.2 Å². The molecule has 72 valence electrons. The van der Waals surface area contributed by atoms with Gasteiger partial charge in [-0.25, -0.2) is 0 Å². The molecule has 0 aliphatic carbocycles. The zero-order valence-electron chi connectivity index (χ0n) is 7.60. The molecular formula is C11H10OS2. The van der Waals surface area contributed by atoms with Gasteiger partial charge in [-0.2, -0.15) is 0 Å². The molecule has 0 fully saturated rings. The van der Waals surface area contributed by atoms with E-state index in [-0.39, 0.29) is 5.78 Å². The Morgan fingerprint density at radius 2 is 2.07 bits per heavy atom. The number of ketones is 1. The van der Waals surface area contributed by atoms with Gasteiger partial charge in [-0.3, -0.25) is 4.79 Å². The summed E-state index contributed by atoms with van der Waals surface area (Å²) in [5.74, 6) is 0.0601. The van der Waals surface area contributed by atoms with Gasteiger partial charge in [-0.1, -0.05) is 60.9 Å². The monoisotopic (exact) mass is 222 g/mol. The summed E-state index contributed by atoms with van der Waals surface area (Å²) in [6.07, 6.45) is 0.302. The summed E-state index contributed by atoms with van der Waals surface area (Å²) in [6.45, 7) is 3.54. The lowest BCUT2D eigenvalue weighted by atomic mass is 10.1. The van der Waals surface area contributed by atoms with Crippen molar-refractivity contribution in [1.29, 1.82) is 0 Å². The van der Waals surface area contributed by atoms with Crippen molar-refractivity contribution in [3.05, 3.63) is 47.9 Å². The molecule has 14 heavy (non-hydrogen) atoms. The average molecular weight is 222 g/mol. The van der Waals surface area contributed by atoms with Crippen molar-refractivity contribution in [1.82, 2.24) is 0 Å². The van der Waals surface area contributed by atoms with E-state index in [9.17, 15) is 4.79 Å². The fourth-order valence-corrected chi connectivity index (χ4v) is 1.73. The molecule has 0 aliphatic rings. The Labute approximate surface area is 93.2 Å². The molecule has 1 rings (SSSR count). The van der Waals surface area contributed by atoms with Crippen LogP contribution < -0.4 is 0 Å². The van der Waals surface area contributed by atoms with E-state index in [4.69, 9.17) is 12.2 Å². The molecule has 1 nitrogen and oxygen atoms in total. The lowest BCUT2D eigenvalue weighted by Crippen LogP contribution is -2.02. The maximum Gasteiger partial charge on any atom is 0.168 e. The van der Waals surface area contributed by atoms with Crippen LogP contribution in [0.15, 0.2) is 42.3 Å². The molecule has 0 atom stereocenters. The predicted molar refractivity (Wildman–Crippen MR) is 65.8 cm³/mol. The second-order valence-electron chi connectivity index (χ2n) is 2.62. The van der Waals surface area contributed by atoms with Gasteiger partial charge in [0.05, 0.1) is 10.6 Å². The van der Waals surface area contributed by atoms with E-state index in [1.54, 1.807) is 17.5 Å². The van der Waals surface area contributed by atoms with Crippen molar-refractivity contribution in [2.75, 3.05) is 0 Å². The molecule has 0 bridgehead atoms. The third-order valence-electron chi connectivity index (χ3n) is 1.62. The van der Waals surface area contributed by atoms with E-state index < -0.39 is 0 Å². The number of carbonyl (C=O) groups is 1. The highest BCUT2D eigenvalue weighted by atomic mass is 32.2. The van der Waals surface area contributed by atoms with Gasteiger partial charge < -0.3 is 0 Å². The Morgan fingerprint density at radius 1 is 1.43 bits per heavy atom. The Kier molecular flexibility index (Phi) is 4.56. The van der Waals surface area contributed by atoms with Gasteiger partial charge in [0, 0.05) is 5.56 Å². The molecule has 1 aromatic carbocycles. The molecule has 0 N–H and O–H groups in total. The maximum absolute atomic E-state index is 11.6. The third-order valence-corrected chi connectivity index (χ3v) is 2.62. The van der Waals surface area contributed by atoms with Gasteiger partial charge in [-0.15, -0.1) is 0 Å². The highest BCUT2D eigenvalue weighted by Gasteiger charge is 2.07. The summed E-state index contributed by atoms with van der Waals surface area (Å²) in [4.78, 5) is 11.6. The SMILES string of the molecule is C=CSC(=S)CC(=O)c1ccccc1. The lowest BCUT2D eigenvalue weighted by molar-refractivity contribution is 0.100. The Balaban J connectivity index is 2.59. The van der Waals surface area contributed by atoms with Crippen LogP contribution in [-0.4, -0.2) is 9.98 Å². The first-order valence-electron chi connectivity index (χ1n) is 4.12. The minimum Gasteiger partial charge on any atom is -0.294 e. The van der Waals surface area contributed by atoms with Gasteiger partial charge in [-0.05, 0) is 5.41 Å². The summed E-state index contributed by atoms with van der Waals surface area (Å²) in [5, 5.41) is 1.64. The van der Waals surface area contributed by atoms with Gasteiger partial charge in [0.1, 0.15) is 0 Å². The summed E-state index contributed by atoms with van der Waals surface area (Å²) in [5.41, 5.74) is 0.708. The number of Topliss-reactive ketones (excluding diaryl/α,β-unsaturated/α-hetero) is 1. The fraction of sp³-hybridized carbons (Fsp3) is 0.0909. The lowest BCUT2D eigenvalue weighted by Gasteiger charge is -1.99. The number of hydrogen-bond acceptors (Lipinski definition) is 3. The van der Waals surface area contributed by atoms with Gasteiger partial charge in [0.25, 0.3) is 0 Å². The zero-order chi connectivity index (χ0) is 10.4. The second kappa shape index (κ2) is 5.73. The first-order chi connectivity index (χ1) is 6.74. The van der Waals surface area contributed by atoms with Crippen molar-refractivity contribution in [2.45, 2.75) is 6.42 Å². The van der Waals surface area contributed by atoms with E-state index >= 15 is 0 Å². The van der Waals surface area contributed by atoms with Crippen LogP contribution in [0.4, 0.5) is 0 Å². The Morgan fingerprint density at radius 3 is 2.64 bits per heavy atom. The summed E-state index contributed by atoms with van der Waals surface area (Å²) < 4.78 is 0.661. The summed E-state index contributed by atoms with van der Waals surface area (Å²) >= 11 is 6.33. The fourth-order valence-electron chi connectivity index (χ4n) is 0.992. The predicted octanol–water partition coefficient (Wildman–Crippen LogP) is 3.46. The molecule has 1 aromatic rings. The first kappa shape index (κ1) is 11.1. The molecule has 0 heterocycles. The maximum atomic E-state index is 11.6. The van der Waals surface area contributed by atoms with Crippen molar-refractivity contribution < 1.29 is 4.79 Å². The third kappa shape index (κ3) is 3.44. The topological polar surface area (TPSA) is 17.1 Å². The molecule has 0 radical (unpaired) electrons.